The van der Waals surface area contributed by atoms with Gasteiger partial charge in [-0.05, 0) is 50.7 Å². The number of anilines is 1. The molecular formula is C17H23N3. The van der Waals surface area contributed by atoms with Crippen molar-refractivity contribution in [2.75, 3.05) is 18.0 Å². The van der Waals surface area contributed by atoms with Gasteiger partial charge in [-0.2, -0.15) is 5.26 Å². The van der Waals surface area contributed by atoms with Crippen molar-refractivity contribution < 1.29 is 0 Å². The minimum Gasteiger partial charge on any atom is -0.368 e. The second-order valence-corrected chi connectivity index (χ2v) is 6.46. The van der Waals surface area contributed by atoms with Crippen LogP contribution in [0, 0.1) is 17.2 Å². The summed E-state index contributed by atoms with van der Waals surface area (Å²) in [6.45, 7) is 6.11. The highest BCUT2D eigenvalue weighted by Gasteiger charge is 2.47. The molecule has 1 aliphatic heterocycles. The van der Waals surface area contributed by atoms with Crippen molar-refractivity contribution in [1.29, 1.82) is 5.26 Å². The van der Waals surface area contributed by atoms with Crippen LogP contribution in [0.15, 0.2) is 24.3 Å². The lowest BCUT2D eigenvalue weighted by Crippen LogP contribution is -2.56. The molecule has 1 saturated carbocycles. The van der Waals surface area contributed by atoms with Gasteiger partial charge in [0.25, 0.3) is 0 Å². The van der Waals surface area contributed by atoms with Crippen LogP contribution in [0.5, 0.6) is 0 Å². The molecule has 0 aromatic heterocycles. The van der Waals surface area contributed by atoms with E-state index in [0.717, 1.165) is 19.5 Å². The number of hydrogen-bond acceptors (Lipinski definition) is 3. The SMILES string of the molecule is CC(C)NC(C#N)(CN1CCc2ccccc21)C1CC1. The molecule has 0 amide bonds. The number of nitrogens with zero attached hydrogens (tertiary/aromatic N) is 2. The highest BCUT2D eigenvalue weighted by Crippen LogP contribution is 2.41. The normalized spacial score (nSPS) is 20.6. The molecule has 0 saturated heterocycles. The minimum atomic E-state index is -0.383. The van der Waals surface area contributed by atoms with Gasteiger partial charge in [0, 0.05) is 24.8 Å². The van der Waals surface area contributed by atoms with Gasteiger partial charge in [-0.15, -0.1) is 0 Å². The van der Waals surface area contributed by atoms with E-state index in [1.54, 1.807) is 0 Å². The fourth-order valence-electron chi connectivity index (χ4n) is 3.41. The molecule has 3 rings (SSSR count). The van der Waals surface area contributed by atoms with Gasteiger partial charge in [0.15, 0.2) is 0 Å². The van der Waals surface area contributed by atoms with E-state index in [2.05, 4.69) is 54.4 Å². The number of fused-ring (bicyclic) bond motifs is 1. The van der Waals surface area contributed by atoms with Crippen LogP contribution in [0.2, 0.25) is 0 Å². The summed E-state index contributed by atoms with van der Waals surface area (Å²) in [5, 5.41) is 13.4. The lowest BCUT2D eigenvalue weighted by molar-refractivity contribution is 0.337. The second-order valence-electron chi connectivity index (χ2n) is 6.46. The summed E-state index contributed by atoms with van der Waals surface area (Å²) in [4.78, 5) is 2.40. The molecule has 1 fully saturated rings. The van der Waals surface area contributed by atoms with Gasteiger partial charge in [-0.1, -0.05) is 18.2 Å². The Hall–Kier alpha value is -1.53. The monoisotopic (exact) mass is 269 g/mol. The molecule has 3 nitrogen and oxygen atoms in total. The molecule has 3 heteroatoms. The van der Waals surface area contributed by atoms with Gasteiger partial charge in [0.1, 0.15) is 5.54 Å². The molecule has 1 N–H and O–H groups in total. The Bertz CT molecular complexity index is 527. The molecule has 1 atom stereocenters. The number of benzene rings is 1. The molecule has 1 unspecified atom stereocenters. The molecule has 1 aliphatic carbocycles. The van der Waals surface area contributed by atoms with Crippen molar-refractivity contribution in [1.82, 2.24) is 5.32 Å². The number of nitriles is 1. The maximum atomic E-state index is 9.80. The summed E-state index contributed by atoms with van der Waals surface area (Å²) in [5.41, 5.74) is 2.35. The average Bonchev–Trinajstić information content (AvgIpc) is 3.22. The van der Waals surface area contributed by atoms with Gasteiger partial charge in [0.2, 0.25) is 0 Å². The summed E-state index contributed by atoms with van der Waals surface area (Å²) >= 11 is 0. The third-order valence-corrected chi connectivity index (χ3v) is 4.44. The maximum Gasteiger partial charge on any atom is 0.127 e. The molecule has 1 heterocycles. The lowest BCUT2D eigenvalue weighted by atomic mass is 9.93. The van der Waals surface area contributed by atoms with E-state index < -0.39 is 0 Å². The van der Waals surface area contributed by atoms with E-state index in [-0.39, 0.29) is 5.54 Å². The largest absolute Gasteiger partial charge is 0.368 e. The Morgan fingerprint density at radius 3 is 2.80 bits per heavy atom. The topological polar surface area (TPSA) is 39.1 Å². The molecule has 2 aliphatic rings. The summed E-state index contributed by atoms with van der Waals surface area (Å²) < 4.78 is 0. The Labute approximate surface area is 121 Å². The van der Waals surface area contributed by atoms with Crippen LogP contribution in [-0.4, -0.2) is 24.7 Å². The Kier molecular flexibility index (Phi) is 3.43. The van der Waals surface area contributed by atoms with E-state index in [0.29, 0.717) is 12.0 Å². The van der Waals surface area contributed by atoms with E-state index in [1.807, 2.05) is 0 Å². The van der Waals surface area contributed by atoms with Crippen LogP contribution < -0.4 is 10.2 Å². The lowest BCUT2D eigenvalue weighted by Gasteiger charge is -2.35. The molecule has 0 spiro atoms. The Morgan fingerprint density at radius 1 is 1.40 bits per heavy atom. The van der Waals surface area contributed by atoms with E-state index in [1.165, 1.54) is 24.1 Å². The van der Waals surface area contributed by atoms with Crippen molar-refractivity contribution in [3.05, 3.63) is 29.8 Å². The molecule has 20 heavy (non-hydrogen) atoms. The molecule has 1 aromatic carbocycles. The van der Waals surface area contributed by atoms with Crippen molar-refractivity contribution >= 4 is 5.69 Å². The molecule has 106 valence electrons. The Balaban J connectivity index is 1.83. The van der Waals surface area contributed by atoms with Crippen LogP contribution in [0.4, 0.5) is 5.69 Å². The van der Waals surface area contributed by atoms with Gasteiger partial charge in [-0.25, -0.2) is 0 Å². The van der Waals surface area contributed by atoms with Crippen LogP contribution >= 0.6 is 0 Å². The fourth-order valence-corrected chi connectivity index (χ4v) is 3.41. The van der Waals surface area contributed by atoms with Gasteiger partial charge in [0.05, 0.1) is 6.07 Å². The van der Waals surface area contributed by atoms with Crippen LogP contribution in [0.1, 0.15) is 32.3 Å². The third kappa shape index (κ3) is 2.41. The quantitative estimate of drug-likeness (QED) is 0.893. The van der Waals surface area contributed by atoms with Crippen molar-refractivity contribution in [3.8, 4) is 6.07 Å². The zero-order valence-electron chi connectivity index (χ0n) is 12.4. The zero-order chi connectivity index (χ0) is 14.2. The predicted molar refractivity (Wildman–Crippen MR) is 81.7 cm³/mol. The second kappa shape index (κ2) is 5.10. The summed E-state index contributed by atoms with van der Waals surface area (Å²) in [5.74, 6) is 0.516. The van der Waals surface area contributed by atoms with Crippen LogP contribution in [-0.2, 0) is 6.42 Å². The van der Waals surface area contributed by atoms with Crippen LogP contribution in [0.25, 0.3) is 0 Å². The molecule has 0 bridgehead atoms. The highest BCUT2D eigenvalue weighted by atomic mass is 15.2. The minimum absolute atomic E-state index is 0.341. The fraction of sp³-hybridized carbons (Fsp3) is 0.588. The van der Waals surface area contributed by atoms with Crippen LogP contribution in [0.3, 0.4) is 0 Å². The predicted octanol–water partition coefficient (Wildman–Crippen LogP) is 2.72. The number of para-hydroxylation sites is 1. The summed E-state index contributed by atoms with van der Waals surface area (Å²) in [6.07, 6.45) is 3.47. The van der Waals surface area contributed by atoms with Gasteiger partial charge < -0.3 is 4.90 Å². The average molecular weight is 269 g/mol. The smallest absolute Gasteiger partial charge is 0.127 e. The molecule has 1 aromatic rings. The van der Waals surface area contributed by atoms with Gasteiger partial charge >= 0.3 is 0 Å². The number of rotatable bonds is 5. The first-order valence-electron chi connectivity index (χ1n) is 7.66. The standard InChI is InChI=1S/C17H23N3/c1-13(2)19-17(11-18,15-7-8-15)12-20-10-9-14-5-3-4-6-16(14)20/h3-6,13,15,19H,7-10,12H2,1-2H3. The van der Waals surface area contributed by atoms with E-state index in [4.69, 9.17) is 0 Å². The first kappa shape index (κ1) is 13.5. The Morgan fingerprint density at radius 2 is 2.15 bits per heavy atom. The number of nitrogens with one attached hydrogen (secondary N) is 1. The first-order chi connectivity index (χ1) is 9.64. The summed E-state index contributed by atoms with van der Waals surface area (Å²) in [7, 11) is 0. The third-order valence-electron chi connectivity index (χ3n) is 4.44. The molecular weight excluding hydrogens is 246 g/mol. The maximum absolute atomic E-state index is 9.80. The van der Waals surface area contributed by atoms with Crippen molar-refractivity contribution in [2.24, 2.45) is 5.92 Å². The van der Waals surface area contributed by atoms with Crippen molar-refractivity contribution in [2.45, 2.75) is 44.7 Å². The highest BCUT2D eigenvalue weighted by molar-refractivity contribution is 5.58. The van der Waals surface area contributed by atoms with E-state index in [9.17, 15) is 5.26 Å². The zero-order valence-corrected chi connectivity index (χ0v) is 12.4. The summed E-state index contributed by atoms with van der Waals surface area (Å²) in [6, 6.07) is 11.5. The van der Waals surface area contributed by atoms with Gasteiger partial charge in [-0.3, -0.25) is 5.32 Å². The van der Waals surface area contributed by atoms with Crippen molar-refractivity contribution in [3.63, 3.8) is 0 Å². The first-order valence-corrected chi connectivity index (χ1v) is 7.66. The van der Waals surface area contributed by atoms with E-state index >= 15 is 0 Å². The number of hydrogen-bond donors (Lipinski definition) is 1. The molecule has 0 radical (unpaired) electrons.